The molecule has 146 valence electrons. The SMILES string of the molecule is OC1CCC(Oc2cccc3cnc(Nc4ccc5ccncc5c4)nc23)CC1. The monoisotopic (exact) mass is 386 g/mol. The van der Waals surface area contributed by atoms with Crippen molar-refractivity contribution in [3.8, 4) is 5.75 Å². The summed E-state index contributed by atoms with van der Waals surface area (Å²) in [5.41, 5.74) is 1.70. The average molecular weight is 386 g/mol. The zero-order valence-electron chi connectivity index (χ0n) is 16.0. The number of nitrogens with zero attached hydrogens (tertiary/aromatic N) is 3. The summed E-state index contributed by atoms with van der Waals surface area (Å²) in [6.07, 6.45) is 8.65. The lowest BCUT2D eigenvalue weighted by Gasteiger charge is -2.26. The van der Waals surface area contributed by atoms with Crippen LogP contribution in [0.2, 0.25) is 0 Å². The highest BCUT2D eigenvalue weighted by atomic mass is 16.5. The van der Waals surface area contributed by atoms with E-state index >= 15 is 0 Å². The third-order valence-electron chi connectivity index (χ3n) is 5.41. The molecule has 6 nitrogen and oxygen atoms in total. The van der Waals surface area contributed by atoms with E-state index in [0.29, 0.717) is 5.95 Å². The first-order valence-corrected chi connectivity index (χ1v) is 9.96. The molecule has 4 aromatic rings. The van der Waals surface area contributed by atoms with Crippen LogP contribution in [0.3, 0.4) is 0 Å². The van der Waals surface area contributed by atoms with Gasteiger partial charge in [-0.1, -0.05) is 18.2 Å². The van der Waals surface area contributed by atoms with Gasteiger partial charge in [0.25, 0.3) is 0 Å². The summed E-state index contributed by atoms with van der Waals surface area (Å²) in [6, 6.07) is 14.0. The lowest BCUT2D eigenvalue weighted by atomic mass is 9.95. The van der Waals surface area contributed by atoms with Crippen LogP contribution in [-0.4, -0.2) is 32.3 Å². The van der Waals surface area contributed by atoms with Crippen LogP contribution in [-0.2, 0) is 0 Å². The number of aliphatic hydroxyl groups excluding tert-OH is 1. The Morgan fingerprint density at radius 1 is 0.931 bits per heavy atom. The van der Waals surface area contributed by atoms with Crippen molar-refractivity contribution in [1.29, 1.82) is 0 Å². The van der Waals surface area contributed by atoms with Gasteiger partial charge in [0, 0.05) is 35.1 Å². The number of nitrogens with one attached hydrogen (secondary N) is 1. The van der Waals surface area contributed by atoms with E-state index in [1.165, 1.54) is 0 Å². The highest BCUT2D eigenvalue weighted by Gasteiger charge is 2.21. The van der Waals surface area contributed by atoms with Gasteiger partial charge >= 0.3 is 0 Å². The van der Waals surface area contributed by atoms with E-state index in [-0.39, 0.29) is 12.2 Å². The van der Waals surface area contributed by atoms with Crippen LogP contribution >= 0.6 is 0 Å². The smallest absolute Gasteiger partial charge is 0.227 e. The maximum absolute atomic E-state index is 9.72. The van der Waals surface area contributed by atoms with E-state index in [9.17, 15) is 5.11 Å². The Morgan fingerprint density at radius 2 is 1.83 bits per heavy atom. The van der Waals surface area contributed by atoms with Gasteiger partial charge in [0.15, 0.2) is 0 Å². The maximum atomic E-state index is 9.72. The molecule has 5 rings (SSSR count). The molecular weight excluding hydrogens is 364 g/mol. The van der Waals surface area contributed by atoms with Crippen LogP contribution in [0.4, 0.5) is 11.6 Å². The number of para-hydroxylation sites is 1. The number of ether oxygens (including phenoxy) is 1. The Labute approximate surface area is 168 Å². The van der Waals surface area contributed by atoms with Gasteiger partial charge in [-0.2, -0.15) is 0 Å². The van der Waals surface area contributed by atoms with Gasteiger partial charge in [0.1, 0.15) is 11.3 Å². The second-order valence-electron chi connectivity index (χ2n) is 7.50. The molecule has 2 N–H and O–H groups in total. The first kappa shape index (κ1) is 17.8. The number of fused-ring (bicyclic) bond motifs is 2. The minimum Gasteiger partial charge on any atom is -0.488 e. The summed E-state index contributed by atoms with van der Waals surface area (Å²) >= 11 is 0. The Kier molecular flexibility index (Phi) is 4.69. The normalized spacial score (nSPS) is 19.3. The fourth-order valence-corrected chi connectivity index (χ4v) is 3.82. The largest absolute Gasteiger partial charge is 0.488 e. The van der Waals surface area contributed by atoms with Gasteiger partial charge in [0.05, 0.1) is 12.2 Å². The van der Waals surface area contributed by atoms with E-state index in [4.69, 9.17) is 9.72 Å². The van der Waals surface area contributed by atoms with Crippen LogP contribution < -0.4 is 10.1 Å². The van der Waals surface area contributed by atoms with E-state index in [1.807, 2.05) is 54.9 Å². The van der Waals surface area contributed by atoms with Gasteiger partial charge < -0.3 is 15.2 Å². The zero-order chi connectivity index (χ0) is 19.6. The van der Waals surface area contributed by atoms with Crippen molar-refractivity contribution in [2.75, 3.05) is 5.32 Å². The lowest BCUT2D eigenvalue weighted by molar-refractivity contribution is 0.0672. The molecule has 0 radical (unpaired) electrons. The molecule has 0 bridgehead atoms. The van der Waals surface area contributed by atoms with Crippen molar-refractivity contribution < 1.29 is 9.84 Å². The summed E-state index contributed by atoms with van der Waals surface area (Å²) in [5.74, 6) is 1.29. The number of anilines is 2. The van der Waals surface area contributed by atoms with Crippen LogP contribution in [0.5, 0.6) is 5.75 Å². The molecule has 2 aromatic carbocycles. The van der Waals surface area contributed by atoms with E-state index in [1.54, 1.807) is 6.20 Å². The molecule has 0 aliphatic heterocycles. The fourth-order valence-electron chi connectivity index (χ4n) is 3.82. The molecule has 1 aliphatic carbocycles. The molecule has 2 heterocycles. The Morgan fingerprint density at radius 3 is 2.72 bits per heavy atom. The second kappa shape index (κ2) is 7.64. The van der Waals surface area contributed by atoms with Crippen LogP contribution in [0, 0.1) is 0 Å². The molecule has 1 fully saturated rings. The molecule has 0 spiro atoms. The van der Waals surface area contributed by atoms with Crippen molar-refractivity contribution in [1.82, 2.24) is 15.0 Å². The molecule has 0 atom stereocenters. The van der Waals surface area contributed by atoms with Gasteiger partial charge in [-0.3, -0.25) is 4.98 Å². The third-order valence-corrected chi connectivity index (χ3v) is 5.41. The number of pyridine rings is 1. The second-order valence-corrected chi connectivity index (χ2v) is 7.50. The minimum absolute atomic E-state index is 0.114. The zero-order valence-corrected chi connectivity index (χ0v) is 16.0. The highest BCUT2D eigenvalue weighted by molar-refractivity contribution is 5.87. The summed E-state index contributed by atoms with van der Waals surface area (Å²) < 4.78 is 6.24. The van der Waals surface area contributed by atoms with Crippen molar-refractivity contribution >= 4 is 33.3 Å². The number of rotatable bonds is 4. The first-order valence-electron chi connectivity index (χ1n) is 9.96. The Balaban J connectivity index is 1.42. The third kappa shape index (κ3) is 3.84. The van der Waals surface area contributed by atoms with Gasteiger partial charge in [-0.15, -0.1) is 0 Å². The van der Waals surface area contributed by atoms with Crippen molar-refractivity contribution in [2.45, 2.75) is 37.9 Å². The number of hydrogen-bond donors (Lipinski definition) is 2. The molecule has 0 amide bonds. The standard InChI is InChI=1S/C23H22N4O2/c28-19-6-8-20(9-7-19)29-21-3-1-2-16-14-25-23(27-22(16)21)26-18-5-4-15-10-11-24-13-17(15)12-18/h1-5,10-14,19-20,28H,6-9H2,(H,25,26,27). The van der Waals surface area contributed by atoms with E-state index < -0.39 is 0 Å². The van der Waals surface area contributed by atoms with Crippen LogP contribution in [0.25, 0.3) is 21.7 Å². The number of aliphatic hydroxyl groups is 1. The van der Waals surface area contributed by atoms with Crippen molar-refractivity contribution in [3.63, 3.8) is 0 Å². The van der Waals surface area contributed by atoms with Crippen LogP contribution in [0.1, 0.15) is 25.7 Å². The van der Waals surface area contributed by atoms with Gasteiger partial charge in [0.2, 0.25) is 5.95 Å². The van der Waals surface area contributed by atoms with E-state index in [0.717, 1.165) is 58.8 Å². The Bertz CT molecular complexity index is 1160. The highest BCUT2D eigenvalue weighted by Crippen LogP contribution is 2.29. The molecule has 6 heteroatoms. The average Bonchev–Trinajstić information content (AvgIpc) is 2.76. The number of benzene rings is 2. The maximum Gasteiger partial charge on any atom is 0.227 e. The molecule has 1 saturated carbocycles. The molecule has 2 aromatic heterocycles. The van der Waals surface area contributed by atoms with Crippen molar-refractivity contribution in [2.24, 2.45) is 0 Å². The van der Waals surface area contributed by atoms with Gasteiger partial charge in [-0.25, -0.2) is 9.97 Å². The first-order chi connectivity index (χ1) is 14.2. The fraction of sp³-hybridized carbons (Fsp3) is 0.261. The summed E-state index contributed by atoms with van der Waals surface area (Å²) in [7, 11) is 0. The van der Waals surface area contributed by atoms with Crippen LogP contribution in [0.15, 0.2) is 61.1 Å². The summed E-state index contributed by atoms with van der Waals surface area (Å²) in [5, 5.41) is 16.1. The number of aromatic nitrogens is 3. The van der Waals surface area contributed by atoms with Crippen molar-refractivity contribution in [3.05, 3.63) is 61.1 Å². The predicted octanol–water partition coefficient (Wildman–Crippen LogP) is 4.60. The molecule has 0 saturated heterocycles. The predicted molar refractivity (Wildman–Crippen MR) is 113 cm³/mol. The number of hydrogen-bond acceptors (Lipinski definition) is 6. The molecule has 0 unspecified atom stereocenters. The van der Waals surface area contributed by atoms with E-state index in [2.05, 4.69) is 15.3 Å². The quantitative estimate of drug-likeness (QED) is 0.533. The molecule has 1 aliphatic rings. The van der Waals surface area contributed by atoms with Gasteiger partial charge in [-0.05, 0) is 55.3 Å². The topological polar surface area (TPSA) is 80.2 Å². The molecular formula is C23H22N4O2. The lowest BCUT2D eigenvalue weighted by Crippen LogP contribution is -2.26. The Hall–Kier alpha value is -3.25. The minimum atomic E-state index is -0.197. The summed E-state index contributed by atoms with van der Waals surface area (Å²) in [4.78, 5) is 13.4. The summed E-state index contributed by atoms with van der Waals surface area (Å²) in [6.45, 7) is 0. The molecule has 29 heavy (non-hydrogen) atoms.